The van der Waals surface area contributed by atoms with Gasteiger partial charge in [-0.3, -0.25) is 9.78 Å². The van der Waals surface area contributed by atoms with E-state index in [4.69, 9.17) is 15.7 Å². The molecule has 0 bridgehead atoms. The summed E-state index contributed by atoms with van der Waals surface area (Å²) in [6.45, 7) is 6.34. The highest BCUT2D eigenvalue weighted by Crippen LogP contribution is 2.50. The minimum Gasteiger partial charge on any atom is -0.461 e. The van der Waals surface area contributed by atoms with Crippen molar-refractivity contribution in [2.45, 2.75) is 38.8 Å². The normalized spacial score (nSPS) is 33.2. The molecule has 5 heteroatoms. The minimum atomic E-state index is -0.899. The van der Waals surface area contributed by atoms with Gasteiger partial charge in [0.1, 0.15) is 11.6 Å². The molecular weight excluding hydrogens is 374 g/mol. The fraction of sp³-hybridized carbons (Fsp3) is 0.400. The Morgan fingerprint density at radius 2 is 2.03 bits per heavy atom. The number of nitrogens with zero attached hydrogens (tertiary/aromatic N) is 2. The summed E-state index contributed by atoms with van der Waals surface area (Å²) in [5.41, 5.74) is 9.08. The van der Waals surface area contributed by atoms with Gasteiger partial charge in [0.15, 0.2) is 0 Å². The second-order valence-electron chi connectivity index (χ2n) is 8.82. The van der Waals surface area contributed by atoms with E-state index in [0.29, 0.717) is 23.8 Å². The Hall–Kier alpha value is -2.97. The second kappa shape index (κ2) is 7.70. The molecule has 154 valence electrons. The maximum Gasteiger partial charge on any atom is 0.326 e. The number of nitrogens with two attached hydrogens (primary N) is 1. The van der Waals surface area contributed by atoms with Crippen molar-refractivity contribution in [3.63, 3.8) is 0 Å². The number of benzene rings is 1. The van der Waals surface area contributed by atoms with Crippen molar-refractivity contribution in [3.8, 4) is 17.2 Å². The number of esters is 1. The molecule has 5 nitrogen and oxygen atoms in total. The lowest BCUT2D eigenvalue weighted by molar-refractivity contribution is -0.145. The molecule has 30 heavy (non-hydrogen) atoms. The first kappa shape index (κ1) is 20.3. The summed E-state index contributed by atoms with van der Waals surface area (Å²) in [5, 5.41) is 9.09. The van der Waals surface area contributed by atoms with Crippen molar-refractivity contribution < 1.29 is 9.53 Å². The highest BCUT2D eigenvalue weighted by atomic mass is 16.6. The van der Waals surface area contributed by atoms with Gasteiger partial charge in [-0.1, -0.05) is 38.1 Å². The molecule has 4 rings (SSSR count). The van der Waals surface area contributed by atoms with Gasteiger partial charge in [-0.05, 0) is 60.9 Å². The minimum absolute atomic E-state index is 0.0274. The van der Waals surface area contributed by atoms with Gasteiger partial charge < -0.3 is 10.5 Å². The number of hydrogen-bond donors (Lipinski definition) is 1. The average molecular weight is 402 g/mol. The Labute approximate surface area is 177 Å². The Kier molecular flexibility index (Phi) is 5.21. The van der Waals surface area contributed by atoms with Crippen LogP contribution in [0.3, 0.4) is 0 Å². The first-order chi connectivity index (χ1) is 14.3. The molecule has 2 heterocycles. The molecule has 0 spiro atoms. The van der Waals surface area contributed by atoms with Crippen molar-refractivity contribution in [2.75, 3.05) is 0 Å². The summed E-state index contributed by atoms with van der Waals surface area (Å²) in [6.07, 6.45) is 6.48. The number of allylic oxidation sites excluding steroid dienone is 1. The third-order valence-corrected chi connectivity index (χ3v) is 6.95. The van der Waals surface area contributed by atoms with E-state index in [9.17, 15) is 4.79 Å². The van der Waals surface area contributed by atoms with Crippen LogP contribution in [0.15, 0.2) is 48.7 Å². The molecule has 2 aliphatic rings. The maximum absolute atomic E-state index is 12.4. The van der Waals surface area contributed by atoms with Crippen LogP contribution in [0, 0.1) is 35.0 Å². The van der Waals surface area contributed by atoms with E-state index in [1.165, 1.54) is 0 Å². The molecule has 2 N–H and O–H groups in total. The zero-order valence-corrected chi connectivity index (χ0v) is 17.6. The molecular formula is C25H27N3O2. The van der Waals surface area contributed by atoms with Gasteiger partial charge in [0, 0.05) is 17.7 Å². The zero-order chi connectivity index (χ0) is 21.5. The number of nitriles is 1. The van der Waals surface area contributed by atoms with Crippen molar-refractivity contribution in [2.24, 2.45) is 29.4 Å². The SMILES string of the molecule is C[C@H]1[C@H](/C=C/c2ccc(-c3cccc(C#N)c3)cn2)[C@@H]2[C@@H](C)OC(=O)[C@]2(N)C[C@@H]1C. The van der Waals surface area contributed by atoms with Crippen molar-refractivity contribution in [1.29, 1.82) is 5.26 Å². The average Bonchev–Trinajstić information content (AvgIpc) is 2.97. The standard InChI is InChI=1S/C25H27N3O2/c1-15-12-25(27)23(17(3)30-24(25)29)22(16(15)2)10-9-21-8-7-20(14-28-21)19-6-4-5-18(11-19)13-26/h4-11,14-17,22-23H,12,27H2,1-3H3/b10-9+/t15-,16+,17+,22-,23-,25-/m0/s1. The molecule has 1 saturated carbocycles. The number of pyridine rings is 1. The number of ether oxygens (including phenoxy) is 1. The molecule has 2 aromatic rings. The van der Waals surface area contributed by atoms with E-state index in [1.54, 1.807) is 6.07 Å². The number of fused-ring (bicyclic) bond motifs is 1. The van der Waals surface area contributed by atoms with Crippen LogP contribution < -0.4 is 5.73 Å². The first-order valence-electron chi connectivity index (χ1n) is 10.5. The molecule has 0 radical (unpaired) electrons. The van der Waals surface area contributed by atoms with Gasteiger partial charge in [0.2, 0.25) is 0 Å². The van der Waals surface area contributed by atoms with Crippen LogP contribution in [0.4, 0.5) is 0 Å². The molecule has 1 aliphatic carbocycles. The molecule has 1 saturated heterocycles. The van der Waals surface area contributed by atoms with E-state index in [2.05, 4.69) is 31.0 Å². The maximum atomic E-state index is 12.4. The van der Waals surface area contributed by atoms with Crippen molar-refractivity contribution in [1.82, 2.24) is 4.98 Å². The zero-order valence-electron chi connectivity index (χ0n) is 17.6. The number of carbonyl (C=O) groups is 1. The number of cyclic esters (lactones) is 1. The highest BCUT2D eigenvalue weighted by Gasteiger charge is 2.60. The van der Waals surface area contributed by atoms with Crippen LogP contribution in [-0.4, -0.2) is 22.6 Å². The Balaban J connectivity index is 1.58. The number of hydrogen-bond acceptors (Lipinski definition) is 5. The molecule has 0 amide bonds. The van der Waals surface area contributed by atoms with E-state index >= 15 is 0 Å². The fourth-order valence-corrected chi connectivity index (χ4v) is 5.16. The van der Waals surface area contributed by atoms with Crippen LogP contribution in [0.25, 0.3) is 17.2 Å². The number of rotatable bonds is 3. The van der Waals surface area contributed by atoms with E-state index in [0.717, 1.165) is 16.8 Å². The second-order valence-corrected chi connectivity index (χ2v) is 8.82. The van der Waals surface area contributed by atoms with Gasteiger partial charge in [0.05, 0.1) is 17.3 Å². The molecule has 1 aromatic carbocycles. The summed E-state index contributed by atoms with van der Waals surface area (Å²) in [7, 11) is 0. The van der Waals surface area contributed by atoms with Gasteiger partial charge in [-0.2, -0.15) is 5.26 Å². The Bertz CT molecular complexity index is 1020. The quantitative estimate of drug-likeness (QED) is 0.779. The Morgan fingerprint density at radius 1 is 1.23 bits per heavy atom. The fourth-order valence-electron chi connectivity index (χ4n) is 5.16. The summed E-state index contributed by atoms with van der Waals surface area (Å²) in [4.78, 5) is 17.0. The lowest BCUT2D eigenvalue weighted by Crippen LogP contribution is -2.58. The predicted molar refractivity (Wildman–Crippen MR) is 116 cm³/mol. The summed E-state index contributed by atoms with van der Waals surface area (Å²) < 4.78 is 5.54. The van der Waals surface area contributed by atoms with Crippen LogP contribution in [-0.2, 0) is 9.53 Å². The first-order valence-corrected chi connectivity index (χ1v) is 10.5. The van der Waals surface area contributed by atoms with E-state index in [-0.39, 0.29) is 23.9 Å². The third-order valence-electron chi connectivity index (χ3n) is 6.95. The van der Waals surface area contributed by atoms with Crippen molar-refractivity contribution >= 4 is 12.0 Å². The summed E-state index contributed by atoms with van der Waals surface area (Å²) in [5.74, 6) is 0.586. The van der Waals surface area contributed by atoms with Crippen LogP contribution in [0.2, 0.25) is 0 Å². The monoisotopic (exact) mass is 401 g/mol. The van der Waals surface area contributed by atoms with Crippen molar-refractivity contribution in [3.05, 3.63) is 59.9 Å². The van der Waals surface area contributed by atoms with Gasteiger partial charge >= 0.3 is 5.97 Å². The lowest BCUT2D eigenvalue weighted by Gasteiger charge is -2.45. The van der Waals surface area contributed by atoms with Crippen LogP contribution in [0.5, 0.6) is 0 Å². The topological polar surface area (TPSA) is 89.0 Å². The summed E-state index contributed by atoms with van der Waals surface area (Å²) in [6, 6.07) is 13.6. The van der Waals surface area contributed by atoms with E-state index < -0.39 is 5.54 Å². The molecule has 0 unspecified atom stereocenters. The van der Waals surface area contributed by atoms with Crippen LogP contribution >= 0.6 is 0 Å². The highest BCUT2D eigenvalue weighted by molar-refractivity contribution is 5.84. The number of aromatic nitrogens is 1. The molecule has 1 aliphatic heterocycles. The summed E-state index contributed by atoms with van der Waals surface area (Å²) >= 11 is 0. The third kappa shape index (κ3) is 3.42. The van der Waals surface area contributed by atoms with Gasteiger partial charge in [-0.25, -0.2) is 0 Å². The lowest BCUT2D eigenvalue weighted by atomic mass is 9.59. The van der Waals surface area contributed by atoms with E-state index in [1.807, 2.05) is 49.5 Å². The van der Waals surface area contributed by atoms with Gasteiger partial charge in [0.25, 0.3) is 0 Å². The molecule has 1 aromatic heterocycles. The molecule has 2 fully saturated rings. The predicted octanol–water partition coefficient (Wildman–Crippen LogP) is 4.18. The number of carbonyl (C=O) groups excluding carboxylic acids is 1. The largest absolute Gasteiger partial charge is 0.461 e. The smallest absolute Gasteiger partial charge is 0.326 e. The molecule has 6 atom stereocenters. The van der Waals surface area contributed by atoms with Crippen LogP contribution in [0.1, 0.15) is 38.4 Å². The Morgan fingerprint density at radius 3 is 2.73 bits per heavy atom. The van der Waals surface area contributed by atoms with Gasteiger partial charge in [-0.15, -0.1) is 0 Å².